The molecule has 2 atom stereocenters. The van der Waals surface area contributed by atoms with E-state index in [9.17, 15) is 9.59 Å². The monoisotopic (exact) mass is 519 g/mol. The van der Waals surface area contributed by atoms with Gasteiger partial charge in [0.25, 0.3) is 5.91 Å². The summed E-state index contributed by atoms with van der Waals surface area (Å²) < 4.78 is 6.24. The molecular formula is C28H37N7O3. The van der Waals surface area contributed by atoms with E-state index in [1.165, 1.54) is 0 Å². The first kappa shape index (κ1) is 27.1. The van der Waals surface area contributed by atoms with Crippen molar-refractivity contribution in [1.82, 2.24) is 20.2 Å². The Balaban J connectivity index is 1.56. The minimum Gasteiger partial charge on any atom is -0.441 e. The topological polar surface area (TPSA) is 126 Å². The summed E-state index contributed by atoms with van der Waals surface area (Å²) >= 11 is 0. The van der Waals surface area contributed by atoms with E-state index in [2.05, 4.69) is 49.6 Å². The number of nitrogens with two attached hydrogens (primary N) is 1. The molecule has 2 heterocycles. The van der Waals surface area contributed by atoms with E-state index in [-0.39, 0.29) is 29.4 Å². The number of primary amides is 1. The molecule has 2 aromatic rings. The van der Waals surface area contributed by atoms with Crippen molar-refractivity contribution in [3.05, 3.63) is 59.6 Å². The van der Waals surface area contributed by atoms with Gasteiger partial charge in [-0.25, -0.2) is 4.98 Å². The standard InChI is InChI=1S/C28H37N7O3/c1-5-21-28(38-23-9-7-8-22(18(23)3)31-24(36)6-2)33-27(25(32-21)26(29)37)30-19-10-12-20(13-11-19)35-16-14-34(4)15-17-35/h7-13,18,22H,5-6,14-17H2,1-4H3,(H2,29,37)(H,30,33)(H,31,36). The molecular weight excluding hydrogens is 482 g/mol. The van der Waals surface area contributed by atoms with E-state index < -0.39 is 5.91 Å². The van der Waals surface area contributed by atoms with Gasteiger partial charge in [0, 0.05) is 49.9 Å². The normalized spacial score (nSPS) is 19.6. The largest absolute Gasteiger partial charge is 0.441 e. The number of amides is 2. The first-order valence-corrected chi connectivity index (χ1v) is 13.2. The van der Waals surface area contributed by atoms with Crippen molar-refractivity contribution in [2.75, 3.05) is 43.4 Å². The van der Waals surface area contributed by atoms with E-state index in [1.807, 2.05) is 51.1 Å². The lowest BCUT2D eigenvalue weighted by Gasteiger charge is -2.34. The zero-order chi connectivity index (χ0) is 27.2. The van der Waals surface area contributed by atoms with Gasteiger partial charge in [0.05, 0.1) is 6.04 Å². The SMILES string of the molecule is CCC(=O)NC1C=CC=C(Oc2nc(Nc3ccc(N4CCN(C)CC4)cc3)c(C(N)=O)nc2CC)C1C. The van der Waals surface area contributed by atoms with Gasteiger partial charge < -0.3 is 30.9 Å². The first-order valence-electron chi connectivity index (χ1n) is 13.2. The van der Waals surface area contributed by atoms with E-state index in [0.717, 1.165) is 37.6 Å². The number of rotatable bonds is 9. The number of carbonyl (C=O) groups excluding carboxylic acids is 2. The number of aryl methyl sites for hydroxylation is 1. The van der Waals surface area contributed by atoms with E-state index in [1.54, 1.807) is 0 Å². The van der Waals surface area contributed by atoms with Crippen LogP contribution in [0.5, 0.6) is 5.88 Å². The van der Waals surface area contributed by atoms with Gasteiger partial charge in [0.1, 0.15) is 11.5 Å². The summed E-state index contributed by atoms with van der Waals surface area (Å²) in [7, 11) is 2.13. The molecule has 2 aliphatic rings. The highest BCUT2D eigenvalue weighted by Gasteiger charge is 2.26. The number of hydrogen-bond acceptors (Lipinski definition) is 8. The number of aromatic nitrogens is 2. The first-order chi connectivity index (χ1) is 18.3. The average molecular weight is 520 g/mol. The summed E-state index contributed by atoms with van der Waals surface area (Å²) in [4.78, 5) is 38.0. The van der Waals surface area contributed by atoms with E-state index in [4.69, 9.17) is 10.5 Å². The van der Waals surface area contributed by atoms with Crippen LogP contribution in [0, 0.1) is 5.92 Å². The van der Waals surface area contributed by atoms with Gasteiger partial charge >= 0.3 is 0 Å². The lowest BCUT2D eigenvalue weighted by Crippen LogP contribution is -2.44. The van der Waals surface area contributed by atoms with Gasteiger partial charge in [-0.15, -0.1) is 0 Å². The third-order valence-electron chi connectivity index (χ3n) is 6.93. The van der Waals surface area contributed by atoms with Crippen molar-refractivity contribution in [3.63, 3.8) is 0 Å². The number of allylic oxidation sites excluding steroid dienone is 2. The van der Waals surface area contributed by atoms with Gasteiger partial charge in [-0.05, 0) is 43.8 Å². The lowest BCUT2D eigenvalue weighted by atomic mass is 9.95. The summed E-state index contributed by atoms with van der Waals surface area (Å²) in [5.74, 6) is 0.350. The smallest absolute Gasteiger partial charge is 0.271 e. The van der Waals surface area contributed by atoms with Gasteiger partial charge in [0.2, 0.25) is 11.8 Å². The maximum absolute atomic E-state index is 12.3. The molecule has 1 aliphatic heterocycles. The van der Waals surface area contributed by atoms with Gasteiger partial charge in [0.15, 0.2) is 11.5 Å². The second-order valence-corrected chi connectivity index (χ2v) is 9.64. The molecule has 38 heavy (non-hydrogen) atoms. The second-order valence-electron chi connectivity index (χ2n) is 9.64. The van der Waals surface area contributed by atoms with Crippen LogP contribution >= 0.6 is 0 Å². The molecule has 202 valence electrons. The van der Waals surface area contributed by atoms with Crippen LogP contribution in [0.25, 0.3) is 0 Å². The number of carbonyl (C=O) groups is 2. The third kappa shape index (κ3) is 6.31. The maximum atomic E-state index is 12.3. The summed E-state index contributed by atoms with van der Waals surface area (Å²) in [6.45, 7) is 9.72. The number of hydrogen-bond donors (Lipinski definition) is 3. The number of benzene rings is 1. The predicted molar refractivity (Wildman–Crippen MR) is 149 cm³/mol. The van der Waals surface area contributed by atoms with Gasteiger partial charge in [-0.2, -0.15) is 4.98 Å². The summed E-state index contributed by atoms with van der Waals surface area (Å²) in [6.07, 6.45) is 6.55. The molecule has 0 bridgehead atoms. The van der Waals surface area contributed by atoms with Gasteiger partial charge in [-0.1, -0.05) is 32.9 Å². The van der Waals surface area contributed by atoms with Gasteiger partial charge in [-0.3, -0.25) is 9.59 Å². The quantitative estimate of drug-likeness (QED) is 0.462. The van der Waals surface area contributed by atoms with Crippen molar-refractivity contribution >= 4 is 29.0 Å². The Morgan fingerprint density at radius 1 is 1.11 bits per heavy atom. The summed E-state index contributed by atoms with van der Waals surface area (Å²) in [5, 5.41) is 6.20. The summed E-state index contributed by atoms with van der Waals surface area (Å²) in [5.41, 5.74) is 8.14. The van der Waals surface area contributed by atoms with E-state index in [0.29, 0.717) is 30.2 Å². The number of ether oxygens (including phenoxy) is 1. The zero-order valence-corrected chi connectivity index (χ0v) is 22.5. The summed E-state index contributed by atoms with van der Waals surface area (Å²) in [6, 6.07) is 7.81. The van der Waals surface area contributed by atoms with Crippen molar-refractivity contribution < 1.29 is 14.3 Å². The van der Waals surface area contributed by atoms with Crippen LogP contribution in [-0.2, 0) is 11.2 Å². The molecule has 1 fully saturated rings. The fourth-order valence-electron chi connectivity index (χ4n) is 4.45. The van der Waals surface area contributed by atoms with Crippen LogP contribution in [0.2, 0.25) is 0 Å². The average Bonchev–Trinajstić information content (AvgIpc) is 2.91. The van der Waals surface area contributed by atoms with Crippen molar-refractivity contribution in [2.24, 2.45) is 11.7 Å². The van der Waals surface area contributed by atoms with Crippen LogP contribution in [0.15, 0.2) is 48.3 Å². The molecule has 1 aromatic heterocycles. The molecule has 2 amide bonds. The number of nitrogens with zero attached hydrogens (tertiary/aromatic N) is 4. The lowest BCUT2D eigenvalue weighted by molar-refractivity contribution is -0.121. The molecule has 1 aliphatic carbocycles. The van der Waals surface area contributed by atoms with Crippen molar-refractivity contribution in [2.45, 2.75) is 39.7 Å². The van der Waals surface area contributed by atoms with Crippen LogP contribution < -0.4 is 26.0 Å². The molecule has 10 heteroatoms. The zero-order valence-electron chi connectivity index (χ0n) is 22.5. The highest BCUT2D eigenvalue weighted by molar-refractivity contribution is 5.96. The number of anilines is 3. The minimum atomic E-state index is -0.675. The molecule has 1 saturated heterocycles. The Kier molecular flexibility index (Phi) is 8.62. The van der Waals surface area contributed by atoms with Crippen LogP contribution in [0.1, 0.15) is 43.4 Å². The molecule has 0 saturated carbocycles. The van der Waals surface area contributed by atoms with Crippen LogP contribution in [-0.4, -0.2) is 66.0 Å². The fourth-order valence-corrected chi connectivity index (χ4v) is 4.45. The number of piperazine rings is 1. The molecule has 1 aromatic carbocycles. The van der Waals surface area contributed by atoms with Crippen molar-refractivity contribution in [1.29, 1.82) is 0 Å². The molecule has 0 spiro atoms. The highest BCUT2D eigenvalue weighted by Crippen LogP contribution is 2.29. The molecule has 10 nitrogen and oxygen atoms in total. The second kappa shape index (κ2) is 12.1. The fraction of sp³-hybridized carbons (Fsp3) is 0.429. The Bertz CT molecular complexity index is 1220. The molecule has 2 unspecified atom stereocenters. The van der Waals surface area contributed by atoms with Crippen LogP contribution in [0.4, 0.5) is 17.2 Å². The Morgan fingerprint density at radius 2 is 1.82 bits per heavy atom. The van der Waals surface area contributed by atoms with Crippen molar-refractivity contribution in [3.8, 4) is 5.88 Å². The Hall–Kier alpha value is -3.92. The third-order valence-corrected chi connectivity index (χ3v) is 6.93. The predicted octanol–water partition coefficient (Wildman–Crippen LogP) is 3.00. The van der Waals surface area contributed by atoms with E-state index >= 15 is 0 Å². The Labute approximate surface area is 224 Å². The maximum Gasteiger partial charge on any atom is 0.271 e. The minimum absolute atomic E-state index is 0.0299. The Morgan fingerprint density at radius 3 is 2.45 bits per heavy atom. The number of nitrogens with one attached hydrogen (secondary N) is 2. The molecule has 4 rings (SSSR count). The molecule has 0 radical (unpaired) electrons. The molecule has 4 N–H and O–H groups in total. The van der Waals surface area contributed by atoms with Crippen LogP contribution in [0.3, 0.4) is 0 Å². The highest BCUT2D eigenvalue weighted by atomic mass is 16.5. The number of likely N-dealkylation sites (N-methyl/N-ethyl adjacent to an activating group) is 1.